The topological polar surface area (TPSA) is 38.8 Å². The van der Waals surface area contributed by atoms with Crippen molar-refractivity contribution in [1.82, 2.24) is 4.90 Å². The van der Waals surface area contributed by atoms with Crippen LogP contribution in [0.5, 0.6) is 11.5 Å². The first-order chi connectivity index (χ1) is 14.4. The summed E-state index contributed by atoms with van der Waals surface area (Å²) < 4.78 is 12.4. The maximum absolute atomic E-state index is 12.5. The monoisotopic (exact) mass is 461 g/mol. The van der Waals surface area contributed by atoms with Crippen molar-refractivity contribution in [3.63, 3.8) is 0 Å². The molecule has 1 heterocycles. The Hall–Kier alpha value is -2.02. The molecule has 0 bridgehead atoms. The number of halogens is 1. The molecule has 0 aliphatic carbocycles. The van der Waals surface area contributed by atoms with E-state index in [0.29, 0.717) is 39.8 Å². The van der Waals surface area contributed by atoms with Gasteiger partial charge in [0.05, 0.1) is 18.1 Å². The average molecular weight is 462 g/mol. The van der Waals surface area contributed by atoms with E-state index in [0.717, 1.165) is 17.7 Å². The lowest BCUT2D eigenvalue weighted by Crippen LogP contribution is -2.27. The number of benzene rings is 2. The van der Waals surface area contributed by atoms with Gasteiger partial charge in [0.15, 0.2) is 0 Å². The molecular weight excluding hydrogens is 438 g/mol. The van der Waals surface area contributed by atoms with E-state index in [1.807, 2.05) is 25.1 Å². The van der Waals surface area contributed by atoms with Crippen LogP contribution >= 0.6 is 35.6 Å². The highest BCUT2D eigenvalue weighted by atomic mass is 35.5. The van der Waals surface area contributed by atoms with E-state index in [2.05, 4.69) is 19.9 Å². The number of carbonyl (C=O) groups excluding carboxylic acids is 1. The highest BCUT2D eigenvalue weighted by Gasteiger charge is 2.30. The van der Waals surface area contributed by atoms with E-state index < -0.39 is 0 Å². The van der Waals surface area contributed by atoms with Crippen LogP contribution in [0.3, 0.4) is 0 Å². The molecule has 0 N–H and O–H groups in total. The van der Waals surface area contributed by atoms with E-state index in [1.165, 1.54) is 22.9 Å². The maximum atomic E-state index is 12.5. The van der Waals surface area contributed by atoms with Crippen LogP contribution in [0, 0.1) is 13.8 Å². The van der Waals surface area contributed by atoms with Crippen molar-refractivity contribution >= 4 is 51.9 Å². The minimum atomic E-state index is -0.0831. The summed E-state index contributed by atoms with van der Waals surface area (Å²) >= 11 is 12.7. The molecular formula is C23H24ClNO3S2. The fourth-order valence-corrected chi connectivity index (χ4v) is 4.68. The number of aryl methyl sites for hydroxylation is 2. The number of carbonyl (C=O) groups is 1. The van der Waals surface area contributed by atoms with Crippen LogP contribution in [-0.4, -0.2) is 34.9 Å². The Kier molecular flexibility index (Phi) is 7.81. The molecule has 7 heteroatoms. The van der Waals surface area contributed by atoms with E-state index >= 15 is 0 Å². The third-order valence-corrected chi connectivity index (χ3v) is 6.07. The van der Waals surface area contributed by atoms with Gasteiger partial charge in [-0.05, 0) is 68.3 Å². The molecule has 30 heavy (non-hydrogen) atoms. The van der Waals surface area contributed by atoms with Crippen LogP contribution in [0.2, 0.25) is 5.02 Å². The van der Waals surface area contributed by atoms with Gasteiger partial charge in [0.25, 0.3) is 5.91 Å². The smallest absolute Gasteiger partial charge is 0.266 e. The number of thioether (sulfide) groups is 1. The Balaban J connectivity index is 1.61. The third kappa shape index (κ3) is 5.78. The first kappa shape index (κ1) is 22.7. The number of nitrogens with zero attached hydrogens (tertiary/aromatic N) is 1. The second-order valence-electron chi connectivity index (χ2n) is 6.98. The molecule has 1 fully saturated rings. The normalized spacial score (nSPS) is 15.2. The van der Waals surface area contributed by atoms with Crippen molar-refractivity contribution < 1.29 is 14.3 Å². The summed E-state index contributed by atoms with van der Waals surface area (Å²) in [6.45, 7) is 7.62. The zero-order valence-electron chi connectivity index (χ0n) is 17.2. The average Bonchev–Trinajstić information content (AvgIpc) is 2.95. The molecule has 0 radical (unpaired) electrons. The number of likely N-dealkylation sites (N-methyl/N-ethyl adjacent to an activating group) is 1. The molecule has 0 unspecified atom stereocenters. The molecule has 1 aliphatic rings. The first-order valence-electron chi connectivity index (χ1n) is 9.76. The number of rotatable bonds is 8. The first-order valence-corrected chi connectivity index (χ1v) is 11.4. The summed E-state index contributed by atoms with van der Waals surface area (Å²) in [6, 6.07) is 11.6. The molecule has 1 saturated heterocycles. The van der Waals surface area contributed by atoms with Gasteiger partial charge >= 0.3 is 0 Å². The van der Waals surface area contributed by atoms with Crippen LogP contribution in [0.15, 0.2) is 41.3 Å². The summed E-state index contributed by atoms with van der Waals surface area (Å²) in [5.41, 5.74) is 3.12. The van der Waals surface area contributed by atoms with Gasteiger partial charge in [-0.2, -0.15) is 0 Å². The number of thiocarbonyl (C=S) groups is 1. The lowest BCUT2D eigenvalue weighted by atomic mass is 10.1. The molecule has 4 nitrogen and oxygen atoms in total. The lowest BCUT2D eigenvalue weighted by Gasteiger charge is -2.12. The Morgan fingerprint density at radius 2 is 1.80 bits per heavy atom. The van der Waals surface area contributed by atoms with Crippen molar-refractivity contribution in [1.29, 1.82) is 0 Å². The Morgan fingerprint density at radius 3 is 2.47 bits per heavy atom. The molecule has 1 amide bonds. The van der Waals surface area contributed by atoms with E-state index in [1.54, 1.807) is 23.1 Å². The van der Waals surface area contributed by atoms with E-state index in [-0.39, 0.29) is 5.91 Å². The predicted octanol–water partition coefficient (Wildman–Crippen LogP) is 6.03. The summed E-state index contributed by atoms with van der Waals surface area (Å²) in [6.07, 6.45) is 2.52. The largest absolute Gasteiger partial charge is 0.493 e. The standard InChI is InChI=1S/C23H24ClNO3S2/c1-4-25-22(26)21(30-23(25)29)14-17-13-18(24)6-7-20(17)28-9-5-8-27-19-11-15(2)10-16(3)12-19/h6-7,10-14H,4-5,8-9H2,1-3H3/b21-14-. The van der Waals surface area contributed by atoms with Gasteiger partial charge in [-0.3, -0.25) is 9.69 Å². The van der Waals surface area contributed by atoms with Gasteiger partial charge in [0.1, 0.15) is 15.8 Å². The summed E-state index contributed by atoms with van der Waals surface area (Å²) in [5.74, 6) is 1.46. The van der Waals surface area contributed by atoms with Gasteiger partial charge in [-0.1, -0.05) is 41.6 Å². The van der Waals surface area contributed by atoms with Gasteiger partial charge < -0.3 is 9.47 Å². The predicted molar refractivity (Wildman–Crippen MR) is 129 cm³/mol. The molecule has 158 valence electrons. The van der Waals surface area contributed by atoms with Crippen molar-refractivity contribution in [2.45, 2.75) is 27.2 Å². The van der Waals surface area contributed by atoms with Gasteiger partial charge in [-0.15, -0.1) is 0 Å². The third-order valence-electron chi connectivity index (χ3n) is 4.46. The summed E-state index contributed by atoms with van der Waals surface area (Å²) in [7, 11) is 0. The van der Waals surface area contributed by atoms with Crippen molar-refractivity contribution in [2.24, 2.45) is 0 Å². The van der Waals surface area contributed by atoms with Crippen LogP contribution < -0.4 is 9.47 Å². The maximum Gasteiger partial charge on any atom is 0.266 e. The zero-order valence-corrected chi connectivity index (χ0v) is 19.6. The Morgan fingerprint density at radius 1 is 1.10 bits per heavy atom. The molecule has 0 saturated carbocycles. The van der Waals surface area contributed by atoms with Crippen molar-refractivity contribution in [3.8, 4) is 11.5 Å². The van der Waals surface area contributed by atoms with Gasteiger partial charge in [0, 0.05) is 23.6 Å². The number of hydrogen-bond acceptors (Lipinski definition) is 5. The fraction of sp³-hybridized carbons (Fsp3) is 0.304. The highest BCUT2D eigenvalue weighted by molar-refractivity contribution is 8.26. The number of hydrogen-bond donors (Lipinski definition) is 0. The van der Waals surface area contributed by atoms with E-state index in [4.69, 9.17) is 33.3 Å². The van der Waals surface area contributed by atoms with E-state index in [9.17, 15) is 4.79 Å². The van der Waals surface area contributed by atoms with Crippen molar-refractivity contribution in [2.75, 3.05) is 19.8 Å². The molecule has 0 atom stereocenters. The number of ether oxygens (including phenoxy) is 2. The lowest BCUT2D eigenvalue weighted by molar-refractivity contribution is -0.121. The van der Waals surface area contributed by atoms with Gasteiger partial charge in [-0.25, -0.2) is 0 Å². The number of amides is 1. The van der Waals surface area contributed by atoms with Crippen LogP contribution in [0.4, 0.5) is 0 Å². The van der Waals surface area contributed by atoms with Crippen LogP contribution in [0.25, 0.3) is 6.08 Å². The van der Waals surface area contributed by atoms with Crippen LogP contribution in [0.1, 0.15) is 30.0 Å². The highest BCUT2D eigenvalue weighted by Crippen LogP contribution is 2.34. The molecule has 0 aromatic heterocycles. The van der Waals surface area contributed by atoms with Crippen LogP contribution in [-0.2, 0) is 4.79 Å². The van der Waals surface area contributed by atoms with Gasteiger partial charge in [0.2, 0.25) is 0 Å². The second kappa shape index (κ2) is 10.3. The minimum Gasteiger partial charge on any atom is -0.493 e. The van der Waals surface area contributed by atoms with Crippen molar-refractivity contribution in [3.05, 3.63) is 63.0 Å². The molecule has 1 aliphatic heterocycles. The molecule has 2 aromatic rings. The Bertz CT molecular complexity index is 970. The molecule has 3 rings (SSSR count). The quantitative estimate of drug-likeness (QED) is 0.273. The fourth-order valence-electron chi connectivity index (χ4n) is 3.12. The molecule has 0 spiro atoms. The minimum absolute atomic E-state index is 0.0831. The molecule has 2 aromatic carbocycles. The Labute approximate surface area is 192 Å². The summed E-state index contributed by atoms with van der Waals surface area (Å²) in [4.78, 5) is 14.6. The SMILES string of the molecule is CCN1C(=O)/C(=C/c2cc(Cl)ccc2OCCCOc2cc(C)cc(C)c2)SC1=S. The zero-order chi connectivity index (χ0) is 21.7. The summed E-state index contributed by atoms with van der Waals surface area (Å²) in [5, 5.41) is 0.581. The second-order valence-corrected chi connectivity index (χ2v) is 9.09.